The Hall–Kier alpha value is -1.20. The van der Waals surface area contributed by atoms with Gasteiger partial charge in [-0.1, -0.05) is 225 Å². The molecule has 1 saturated heterocycles. The lowest BCUT2D eigenvalue weighted by Crippen LogP contribution is -2.61. The number of ether oxygens (including phenoxy) is 2. The van der Waals surface area contributed by atoms with Crippen molar-refractivity contribution in [3.05, 3.63) is 12.2 Å². The molecule has 0 aromatic heterocycles. The summed E-state index contributed by atoms with van der Waals surface area (Å²) < 4.78 is 47.8. The molecular weight excluding hydrogens is 863 g/mol. The quantitative estimate of drug-likeness (QED) is 0.0172. The van der Waals surface area contributed by atoms with Crippen LogP contribution in [0.5, 0.6) is 0 Å². The van der Waals surface area contributed by atoms with Gasteiger partial charge in [0.15, 0.2) is 6.29 Å². The Morgan fingerprint density at radius 1 is 0.591 bits per heavy atom. The average molecular weight is 964 g/mol. The van der Waals surface area contributed by atoms with E-state index in [9.17, 15) is 43.3 Å². The second-order valence-electron chi connectivity index (χ2n) is 19.3. The van der Waals surface area contributed by atoms with Gasteiger partial charge in [-0.2, -0.15) is 8.42 Å². The van der Waals surface area contributed by atoms with Crippen LogP contribution in [0.25, 0.3) is 0 Å². The Bertz CT molecular complexity index is 1240. The molecule has 1 aliphatic rings. The highest BCUT2D eigenvalue weighted by Gasteiger charge is 2.48. The molecule has 1 aliphatic heterocycles. The summed E-state index contributed by atoms with van der Waals surface area (Å²) >= 11 is 0. The molecule has 8 unspecified atom stereocenters. The number of carbonyl (C=O) groups excluding carboxylic acids is 1. The lowest BCUT2D eigenvalue weighted by Gasteiger charge is -2.41. The number of aliphatic hydroxyl groups excluding tert-OH is 5. The third-order valence-corrected chi connectivity index (χ3v) is 13.6. The van der Waals surface area contributed by atoms with Gasteiger partial charge in [-0.3, -0.25) is 9.35 Å². The van der Waals surface area contributed by atoms with Gasteiger partial charge >= 0.3 is 10.4 Å². The molecule has 0 bridgehead atoms. The highest BCUT2D eigenvalue weighted by molar-refractivity contribution is 7.80. The topological polar surface area (TPSA) is 212 Å². The number of aliphatic hydroxyl groups is 5. The molecule has 0 aromatic carbocycles. The predicted octanol–water partition coefficient (Wildman–Crippen LogP) is 10.9. The number of hydrogen-bond acceptors (Lipinski definition) is 11. The zero-order valence-electron chi connectivity index (χ0n) is 41.9. The van der Waals surface area contributed by atoms with Crippen molar-refractivity contribution in [3.8, 4) is 0 Å². The summed E-state index contributed by atoms with van der Waals surface area (Å²) in [5, 5.41) is 55.6. The Morgan fingerprint density at radius 3 is 1.36 bits per heavy atom. The fourth-order valence-electron chi connectivity index (χ4n) is 8.87. The summed E-state index contributed by atoms with van der Waals surface area (Å²) in [7, 11) is -5.11. The molecule has 1 amide bonds. The number of unbranched alkanes of at least 4 members (excludes halogenated alkanes) is 32. The maximum absolute atomic E-state index is 13.2. The first-order valence-corrected chi connectivity index (χ1v) is 28.5. The van der Waals surface area contributed by atoms with Crippen molar-refractivity contribution < 1.29 is 57.0 Å². The second-order valence-corrected chi connectivity index (χ2v) is 20.4. The van der Waals surface area contributed by atoms with Crippen molar-refractivity contribution in [2.45, 2.75) is 300 Å². The summed E-state index contributed by atoms with van der Waals surface area (Å²) in [6, 6.07) is -1.04. The fraction of sp³-hybridized carbons (Fsp3) is 0.942. The maximum atomic E-state index is 13.2. The van der Waals surface area contributed by atoms with Crippen molar-refractivity contribution in [3.63, 3.8) is 0 Å². The summed E-state index contributed by atoms with van der Waals surface area (Å²) in [5.74, 6) is -0.674. The summed E-state index contributed by atoms with van der Waals surface area (Å²) in [6.45, 7) is 3.31. The van der Waals surface area contributed by atoms with Gasteiger partial charge in [-0.15, -0.1) is 0 Å². The van der Waals surface area contributed by atoms with Crippen LogP contribution in [-0.2, 0) is 28.9 Å². The van der Waals surface area contributed by atoms with E-state index < -0.39 is 78.5 Å². The first kappa shape index (κ1) is 62.8. The van der Waals surface area contributed by atoms with Gasteiger partial charge in [-0.05, 0) is 38.5 Å². The second kappa shape index (κ2) is 42.7. The molecule has 7 N–H and O–H groups in total. The first-order valence-electron chi connectivity index (χ1n) is 27.2. The summed E-state index contributed by atoms with van der Waals surface area (Å²) in [4.78, 5) is 13.2. The Balaban J connectivity index is 2.46. The van der Waals surface area contributed by atoms with Gasteiger partial charge in [-0.25, -0.2) is 4.18 Å². The zero-order chi connectivity index (χ0) is 48.5. The number of carbonyl (C=O) groups is 1. The number of allylic oxidation sites excluding steroid dienone is 2. The minimum absolute atomic E-state index is 0.248. The smallest absolute Gasteiger partial charge is 0.394 e. The van der Waals surface area contributed by atoms with Crippen LogP contribution < -0.4 is 5.32 Å². The molecule has 0 aromatic rings. The van der Waals surface area contributed by atoms with Crippen molar-refractivity contribution >= 4 is 16.3 Å². The van der Waals surface area contributed by atoms with E-state index in [1.165, 1.54) is 161 Å². The van der Waals surface area contributed by atoms with E-state index in [4.69, 9.17) is 9.47 Å². The van der Waals surface area contributed by atoms with Crippen molar-refractivity contribution in [1.29, 1.82) is 0 Å². The normalized spacial score (nSPS) is 20.5. The van der Waals surface area contributed by atoms with E-state index in [0.29, 0.717) is 19.3 Å². The Morgan fingerprint density at radius 2 is 0.970 bits per heavy atom. The van der Waals surface area contributed by atoms with Gasteiger partial charge in [0.2, 0.25) is 5.91 Å². The molecule has 0 spiro atoms. The van der Waals surface area contributed by atoms with E-state index >= 15 is 0 Å². The molecule has 1 fully saturated rings. The van der Waals surface area contributed by atoms with Crippen molar-refractivity contribution in [1.82, 2.24) is 5.32 Å². The minimum atomic E-state index is -5.11. The lowest BCUT2D eigenvalue weighted by molar-refractivity contribution is -0.298. The molecule has 0 aliphatic carbocycles. The predicted molar refractivity (Wildman–Crippen MR) is 265 cm³/mol. The van der Waals surface area contributed by atoms with Gasteiger partial charge < -0.3 is 40.3 Å². The van der Waals surface area contributed by atoms with E-state index in [1.54, 1.807) is 0 Å². The van der Waals surface area contributed by atoms with Crippen LogP contribution in [0.2, 0.25) is 0 Å². The largest absolute Gasteiger partial charge is 0.397 e. The fourth-order valence-corrected chi connectivity index (χ4v) is 9.38. The molecule has 66 heavy (non-hydrogen) atoms. The van der Waals surface area contributed by atoms with Crippen molar-refractivity contribution in [2.75, 3.05) is 13.2 Å². The molecule has 14 heteroatoms. The van der Waals surface area contributed by atoms with E-state index in [0.717, 1.165) is 51.4 Å². The molecular formula is C52H101NO12S. The van der Waals surface area contributed by atoms with E-state index in [1.807, 2.05) is 0 Å². The Labute approximate surface area is 403 Å². The summed E-state index contributed by atoms with van der Waals surface area (Å²) in [5.41, 5.74) is 0. The lowest BCUT2D eigenvalue weighted by atomic mass is 9.99. The van der Waals surface area contributed by atoms with Gasteiger partial charge in [0.05, 0.1) is 25.4 Å². The van der Waals surface area contributed by atoms with Crippen LogP contribution in [0.3, 0.4) is 0 Å². The van der Waals surface area contributed by atoms with Crippen LogP contribution in [0.15, 0.2) is 12.2 Å². The first-order chi connectivity index (χ1) is 31.9. The van der Waals surface area contributed by atoms with E-state index in [2.05, 4.69) is 35.5 Å². The summed E-state index contributed by atoms with van der Waals surface area (Å²) in [6.07, 6.45) is 36.7. The van der Waals surface area contributed by atoms with Crippen LogP contribution in [0, 0.1) is 0 Å². The highest BCUT2D eigenvalue weighted by atomic mass is 32.3. The van der Waals surface area contributed by atoms with Crippen LogP contribution in [0.4, 0.5) is 0 Å². The van der Waals surface area contributed by atoms with Gasteiger partial charge in [0.1, 0.15) is 30.5 Å². The maximum Gasteiger partial charge on any atom is 0.397 e. The number of rotatable bonds is 47. The average Bonchev–Trinajstić information content (AvgIpc) is 3.29. The molecule has 0 radical (unpaired) electrons. The van der Waals surface area contributed by atoms with Crippen LogP contribution >= 0.6 is 0 Å². The number of hydrogen-bond donors (Lipinski definition) is 7. The third-order valence-electron chi connectivity index (χ3n) is 13.2. The third kappa shape index (κ3) is 34.2. The van der Waals surface area contributed by atoms with Crippen LogP contribution in [0.1, 0.15) is 251 Å². The molecule has 1 rings (SSSR count). The van der Waals surface area contributed by atoms with Gasteiger partial charge in [0, 0.05) is 0 Å². The molecule has 8 atom stereocenters. The van der Waals surface area contributed by atoms with Crippen LogP contribution in [-0.4, -0.2) is 107 Å². The number of nitrogens with one attached hydrogen (secondary N) is 1. The molecule has 1 heterocycles. The SMILES string of the molecule is CCCCCCCCCCC/C=C\CCCCCCC(O)C(=O)NC(COC1OC(CO)C(O)C(OS(=O)(=O)O)C1O)C(O)CCCCCCCCCCCCCCCCCCCCCC. The zero-order valence-corrected chi connectivity index (χ0v) is 42.7. The minimum Gasteiger partial charge on any atom is -0.394 e. The Kier molecular flexibility index (Phi) is 40.6. The standard InChI is InChI=1S/C52H101NO12S/c1-3-5-7-9-11-13-15-17-19-21-22-23-25-26-28-30-32-34-36-38-40-45(55)44(43-63-52-49(58)50(65-66(60,61)62)48(57)47(42-54)64-52)53-51(59)46(56)41-39-37-35-33-31-29-27-24-20-18-16-14-12-10-8-6-4-2/h27,29,44-50,52,54-58H,3-26,28,30-43H2,1-2H3,(H,53,59)(H,60,61,62)/b29-27-. The monoisotopic (exact) mass is 964 g/mol. The molecule has 13 nitrogen and oxygen atoms in total. The van der Waals surface area contributed by atoms with Crippen molar-refractivity contribution in [2.24, 2.45) is 0 Å². The molecule has 392 valence electrons. The van der Waals surface area contributed by atoms with Gasteiger partial charge in [0.25, 0.3) is 0 Å². The van der Waals surface area contributed by atoms with E-state index in [-0.39, 0.29) is 6.42 Å². The number of amides is 1. The molecule has 0 saturated carbocycles. The highest BCUT2D eigenvalue weighted by Crippen LogP contribution is 2.26.